The predicted molar refractivity (Wildman–Crippen MR) is 111 cm³/mol. The van der Waals surface area contributed by atoms with Gasteiger partial charge >= 0.3 is 0 Å². The summed E-state index contributed by atoms with van der Waals surface area (Å²) in [4.78, 5) is 18.7. The lowest BCUT2D eigenvalue weighted by Gasteiger charge is -2.00. The number of hydrogen-bond acceptors (Lipinski definition) is 5. The smallest absolute Gasteiger partial charge is 0.0891 e. The summed E-state index contributed by atoms with van der Waals surface area (Å²) in [6.07, 6.45) is 20.5. The molecule has 5 heterocycles. The highest BCUT2D eigenvalue weighted by atomic mass is 14.9. The second kappa shape index (κ2) is 5.99. The molecule has 0 aromatic heterocycles. The molecule has 27 heavy (non-hydrogen) atoms. The predicted octanol–water partition coefficient (Wildman–Crippen LogP) is 3.65. The molecule has 5 rings (SSSR count). The van der Waals surface area contributed by atoms with E-state index in [1.807, 2.05) is 60.8 Å². The van der Waals surface area contributed by atoms with E-state index in [0.29, 0.717) is 5.70 Å². The molecule has 0 radical (unpaired) electrons. The van der Waals surface area contributed by atoms with E-state index in [-0.39, 0.29) is 0 Å². The second-order valence-electron chi connectivity index (χ2n) is 6.59. The van der Waals surface area contributed by atoms with Crippen LogP contribution < -0.4 is 5.73 Å². The van der Waals surface area contributed by atoms with Gasteiger partial charge in [-0.1, -0.05) is 6.92 Å². The van der Waals surface area contributed by atoms with Gasteiger partial charge in [0.25, 0.3) is 0 Å². The lowest BCUT2D eigenvalue weighted by Crippen LogP contribution is -2.04. The number of nitrogens with two attached hydrogens (primary N) is 1. The zero-order chi connectivity index (χ0) is 18.4. The van der Waals surface area contributed by atoms with Gasteiger partial charge in [0.1, 0.15) is 0 Å². The van der Waals surface area contributed by atoms with Crippen LogP contribution in [-0.4, -0.2) is 22.8 Å². The van der Waals surface area contributed by atoms with E-state index in [4.69, 9.17) is 10.7 Å². The fourth-order valence-corrected chi connectivity index (χ4v) is 3.40. The Bertz CT molecular complexity index is 1140. The van der Waals surface area contributed by atoms with Gasteiger partial charge in [-0.25, -0.2) is 20.0 Å². The van der Waals surface area contributed by atoms with E-state index in [0.717, 1.165) is 57.6 Å². The lowest BCUT2D eigenvalue weighted by atomic mass is 10.1. The molecule has 0 saturated heterocycles. The van der Waals surface area contributed by atoms with Crippen molar-refractivity contribution in [1.82, 2.24) is 0 Å². The van der Waals surface area contributed by atoms with Crippen LogP contribution in [0.3, 0.4) is 0 Å². The van der Waals surface area contributed by atoms with Gasteiger partial charge in [-0.3, -0.25) is 0 Å². The van der Waals surface area contributed by atoms with Gasteiger partial charge < -0.3 is 5.73 Å². The molecular weight excluding hydrogens is 334 g/mol. The van der Waals surface area contributed by atoms with E-state index >= 15 is 0 Å². The molecule has 0 aliphatic carbocycles. The Labute approximate surface area is 157 Å². The Balaban J connectivity index is 1.68. The van der Waals surface area contributed by atoms with Gasteiger partial charge in [0.05, 0.1) is 51.3 Å². The summed E-state index contributed by atoms with van der Waals surface area (Å²) in [5, 5.41) is 0. The summed E-state index contributed by atoms with van der Waals surface area (Å²) < 4.78 is 0. The topological polar surface area (TPSA) is 75.5 Å². The van der Waals surface area contributed by atoms with Crippen LogP contribution in [0.4, 0.5) is 0 Å². The largest absolute Gasteiger partial charge is 0.397 e. The van der Waals surface area contributed by atoms with Crippen molar-refractivity contribution in [2.45, 2.75) is 13.3 Å². The van der Waals surface area contributed by atoms with Crippen LogP contribution in [0.1, 0.15) is 13.3 Å². The highest BCUT2D eigenvalue weighted by Gasteiger charge is 2.21. The maximum Gasteiger partial charge on any atom is 0.0891 e. The Morgan fingerprint density at radius 3 is 1.74 bits per heavy atom. The van der Waals surface area contributed by atoms with Gasteiger partial charge in [0.2, 0.25) is 0 Å². The highest BCUT2D eigenvalue weighted by Crippen LogP contribution is 2.27. The third-order valence-electron chi connectivity index (χ3n) is 4.71. The molecule has 0 unspecified atom stereocenters. The molecule has 5 nitrogen and oxygen atoms in total. The average molecular weight is 351 g/mol. The first kappa shape index (κ1) is 15.6. The highest BCUT2D eigenvalue weighted by molar-refractivity contribution is 6.16. The van der Waals surface area contributed by atoms with E-state index in [9.17, 15) is 0 Å². The van der Waals surface area contributed by atoms with Crippen molar-refractivity contribution in [2.75, 3.05) is 0 Å². The minimum Gasteiger partial charge on any atom is -0.397 e. The maximum absolute atomic E-state index is 6.36. The lowest BCUT2D eigenvalue weighted by molar-refractivity contribution is 1.13. The third kappa shape index (κ3) is 2.83. The molecule has 5 aliphatic heterocycles. The summed E-state index contributed by atoms with van der Waals surface area (Å²) in [5.74, 6) is 0. The van der Waals surface area contributed by atoms with Crippen molar-refractivity contribution >= 4 is 22.8 Å². The normalized spacial score (nSPS) is 22.3. The minimum atomic E-state index is 0.710. The molecule has 5 heteroatoms. The van der Waals surface area contributed by atoms with Crippen molar-refractivity contribution in [1.29, 1.82) is 0 Å². The summed E-state index contributed by atoms with van der Waals surface area (Å²) in [6, 6.07) is 0. The fraction of sp³-hybridized carbons (Fsp3) is 0.0909. The molecular formula is C22H17N5. The molecule has 5 aliphatic rings. The standard InChI is InChI=1S/C22H17N5/c1-2-19-20-11-17-7-5-15(25-17)9-13-3-4-14(24-13)10-16-6-8-18(26-16)12-21(27-20)22(19)23/h3-12H,2,23H2,1H3. The molecule has 0 atom stereocenters. The van der Waals surface area contributed by atoms with E-state index in [1.165, 1.54) is 0 Å². The van der Waals surface area contributed by atoms with Gasteiger partial charge in [-0.05, 0) is 67.2 Å². The number of hydrogen-bond donors (Lipinski definition) is 1. The molecule has 8 bridgehead atoms. The minimum absolute atomic E-state index is 0.710. The van der Waals surface area contributed by atoms with Crippen LogP contribution in [0.25, 0.3) is 0 Å². The van der Waals surface area contributed by atoms with Crippen LogP contribution in [0.15, 0.2) is 115 Å². The van der Waals surface area contributed by atoms with Crippen LogP contribution in [0, 0.1) is 0 Å². The van der Waals surface area contributed by atoms with Crippen molar-refractivity contribution in [2.24, 2.45) is 25.7 Å². The molecule has 0 saturated carbocycles. The number of fused-ring (bicyclic) bond motifs is 4. The summed E-state index contributed by atoms with van der Waals surface area (Å²) in [7, 11) is 0. The molecule has 0 spiro atoms. The number of rotatable bonds is 1. The number of aliphatic imine (C=N–C) groups is 4. The Hall–Kier alpha value is -3.60. The third-order valence-corrected chi connectivity index (χ3v) is 4.71. The van der Waals surface area contributed by atoms with Crippen molar-refractivity contribution in [3.63, 3.8) is 0 Å². The van der Waals surface area contributed by atoms with E-state index < -0.39 is 0 Å². The van der Waals surface area contributed by atoms with Crippen LogP contribution >= 0.6 is 0 Å². The summed E-state index contributed by atoms with van der Waals surface area (Å²) in [5.41, 5.74) is 14.9. The van der Waals surface area contributed by atoms with E-state index in [1.54, 1.807) is 0 Å². The van der Waals surface area contributed by atoms with Gasteiger partial charge in [0.15, 0.2) is 0 Å². The van der Waals surface area contributed by atoms with Crippen molar-refractivity contribution in [3.8, 4) is 0 Å². The average Bonchev–Trinajstić information content (AvgIpc) is 3.41. The van der Waals surface area contributed by atoms with Gasteiger partial charge in [0, 0.05) is 5.57 Å². The quantitative estimate of drug-likeness (QED) is 0.769. The van der Waals surface area contributed by atoms with Crippen LogP contribution in [0.5, 0.6) is 0 Å². The van der Waals surface area contributed by atoms with E-state index in [2.05, 4.69) is 21.9 Å². The summed E-state index contributed by atoms with van der Waals surface area (Å²) >= 11 is 0. The molecule has 2 N–H and O–H groups in total. The monoisotopic (exact) mass is 351 g/mol. The number of nitrogens with zero attached hydrogens (tertiary/aromatic N) is 4. The zero-order valence-electron chi connectivity index (χ0n) is 14.8. The van der Waals surface area contributed by atoms with Crippen molar-refractivity contribution in [3.05, 3.63) is 94.8 Å². The first-order chi connectivity index (χ1) is 13.2. The summed E-state index contributed by atoms with van der Waals surface area (Å²) in [6.45, 7) is 2.08. The molecule has 0 aromatic rings. The Kier molecular flexibility index (Phi) is 3.47. The molecule has 0 aromatic carbocycles. The molecule has 0 amide bonds. The zero-order valence-corrected chi connectivity index (χ0v) is 14.8. The SMILES string of the molecule is CCC1=C(N)C2=CC3=NC(=CC4=NC(=CC5=NC(=CC1=N2)C=C5)C=C4)C=C3. The second-order valence-corrected chi connectivity index (χ2v) is 6.59. The molecule has 0 fully saturated rings. The van der Waals surface area contributed by atoms with Gasteiger partial charge in [-0.2, -0.15) is 0 Å². The fourth-order valence-electron chi connectivity index (χ4n) is 3.40. The van der Waals surface area contributed by atoms with Gasteiger partial charge in [-0.15, -0.1) is 0 Å². The maximum atomic E-state index is 6.36. The first-order valence-electron chi connectivity index (χ1n) is 8.93. The first-order valence-corrected chi connectivity index (χ1v) is 8.93. The number of allylic oxidation sites excluding steroid dienone is 11. The van der Waals surface area contributed by atoms with Crippen molar-refractivity contribution < 1.29 is 0 Å². The van der Waals surface area contributed by atoms with Crippen LogP contribution in [0.2, 0.25) is 0 Å². The van der Waals surface area contributed by atoms with Crippen LogP contribution in [-0.2, 0) is 0 Å². The molecule has 130 valence electrons. The Morgan fingerprint density at radius 1 is 0.667 bits per heavy atom. The Morgan fingerprint density at radius 2 is 1.19 bits per heavy atom.